The zero-order valence-electron chi connectivity index (χ0n) is 12.5. The summed E-state index contributed by atoms with van der Waals surface area (Å²) in [7, 11) is 0. The van der Waals surface area contributed by atoms with E-state index in [2.05, 4.69) is 41.9 Å². The van der Waals surface area contributed by atoms with Crippen molar-refractivity contribution in [1.29, 1.82) is 0 Å². The molecule has 2 aromatic rings. The van der Waals surface area contributed by atoms with Crippen LogP contribution in [0.3, 0.4) is 0 Å². The van der Waals surface area contributed by atoms with Crippen LogP contribution in [0.25, 0.3) is 0 Å². The van der Waals surface area contributed by atoms with E-state index in [1.165, 1.54) is 22.5 Å². The van der Waals surface area contributed by atoms with Gasteiger partial charge in [0.1, 0.15) is 5.76 Å². The number of nitrogens with zero attached hydrogens (tertiary/aromatic N) is 2. The van der Waals surface area contributed by atoms with Crippen molar-refractivity contribution in [2.24, 2.45) is 0 Å². The van der Waals surface area contributed by atoms with E-state index in [0.29, 0.717) is 0 Å². The molecule has 19 heavy (non-hydrogen) atoms. The first-order valence-corrected chi connectivity index (χ1v) is 6.82. The molecule has 0 radical (unpaired) electrons. The third-order valence-electron chi connectivity index (χ3n) is 3.79. The molecule has 0 aromatic carbocycles. The highest BCUT2D eigenvalue weighted by atomic mass is 16.5. The number of aryl methyl sites for hydroxylation is 3. The van der Waals surface area contributed by atoms with Crippen LogP contribution in [0.2, 0.25) is 0 Å². The van der Waals surface area contributed by atoms with Crippen LogP contribution < -0.4 is 5.32 Å². The van der Waals surface area contributed by atoms with Crippen LogP contribution in [0.1, 0.15) is 40.9 Å². The van der Waals surface area contributed by atoms with Gasteiger partial charge >= 0.3 is 0 Å². The zero-order chi connectivity index (χ0) is 14.0. The molecule has 0 fully saturated rings. The Hall–Kier alpha value is -1.55. The van der Waals surface area contributed by atoms with Gasteiger partial charge in [-0.3, -0.25) is 0 Å². The van der Waals surface area contributed by atoms with E-state index in [4.69, 9.17) is 4.52 Å². The summed E-state index contributed by atoms with van der Waals surface area (Å²) < 4.78 is 7.51. The smallest absolute Gasteiger partial charge is 0.138 e. The highest BCUT2D eigenvalue weighted by molar-refractivity contribution is 5.27. The summed E-state index contributed by atoms with van der Waals surface area (Å²) in [6.07, 6.45) is 0. The number of aromatic nitrogens is 2. The van der Waals surface area contributed by atoms with Gasteiger partial charge in [0.25, 0.3) is 0 Å². The van der Waals surface area contributed by atoms with Gasteiger partial charge in [-0.05, 0) is 46.2 Å². The lowest BCUT2D eigenvalue weighted by Gasteiger charge is -2.07. The molecule has 0 saturated heterocycles. The van der Waals surface area contributed by atoms with Gasteiger partial charge in [-0.1, -0.05) is 5.16 Å². The number of rotatable bonds is 5. The summed E-state index contributed by atoms with van der Waals surface area (Å²) in [5.41, 5.74) is 6.19. The van der Waals surface area contributed by atoms with E-state index in [1.807, 2.05) is 13.8 Å². The molecule has 4 nitrogen and oxygen atoms in total. The molecule has 0 bridgehead atoms. The average Bonchev–Trinajstić information content (AvgIpc) is 2.83. The van der Waals surface area contributed by atoms with E-state index in [0.717, 1.165) is 31.1 Å². The average molecular weight is 261 g/mol. The lowest BCUT2D eigenvalue weighted by atomic mass is 10.2. The highest BCUT2D eigenvalue weighted by Gasteiger charge is 2.10. The molecule has 0 atom stereocenters. The van der Waals surface area contributed by atoms with Crippen molar-refractivity contribution in [3.8, 4) is 0 Å². The summed E-state index contributed by atoms with van der Waals surface area (Å²) in [6.45, 7) is 13.2. The van der Waals surface area contributed by atoms with Gasteiger partial charge in [0.15, 0.2) is 0 Å². The van der Waals surface area contributed by atoms with E-state index in [1.54, 1.807) is 0 Å². The standard InChI is InChI=1S/C15H23N3O/c1-6-18-10(2)7-14(12(18)4)8-16-9-15-11(3)17-19-13(15)5/h7,16H,6,8-9H2,1-5H3. The third-order valence-corrected chi connectivity index (χ3v) is 3.79. The Morgan fingerprint density at radius 3 is 2.47 bits per heavy atom. The third kappa shape index (κ3) is 2.73. The highest BCUT2D eigenvalue weighted by Crippen LogP contribution is 2.16. The van der Waals surface area contributed by atoms with Crippen molar-refractivity contribution in [2.75, 3.05) is 0 Å². The molecule has 0 spiro atoms. The van der Waals surface area contributed by atoms with Gasteiger partial charge in [-0.2, -0.15) is 0 Å². The van der Waals surface area contributed by atoms with Crippen LogP contribution in [0.4, 0.5) is 0 Å². The molecular weight excluding hydrogens is 238 g/mol. The first kappa shape index (κ1) is 13.9. The van der Waals surface area contributed by atoms with E-state index >= 15 is 0 Å². The maximum Gasteiger partial charge on any atom is 0.138 e. The number of hydrogen-bond acceptors (Lipinski definition) is 3. The molecule has 2 heterocycles. The summed E-state index contributed by atoms with van der Waals surface area (Å²) in [6, 6.07) is 2.26. The first-order chi connectivity index (χ1) is 9.04. The molecule has 0 saturated carbocycles. The number of nitrogens with one attached hydrogen (secondary N) is 1. The quantitative estimate of drug-likeness (QED) is 0.899. The van der Waals surface area contributed by atoms with E-state index < -0.39 is 0 Å². The van der Waals surface area contributed by atoms with Crippen LogP contribution in [0.15, 0.2) is 10.6 Å². The predicted octanol–water partition coefficient (Wildman–Crippen LogP) is 3.02. The van der Waals surface area contributed by atoms with Crippen LogP contribution in [0, 0.1) is 27.7 Å². The largest absolute Gasteiger partial charge is 0.361 e. The molecular formula is C15H23N3O. The number of hydrogen-bond donors (Lipinski definition) is 1. The molecule has 104 valence electrons. The zero-order valence-corrected chi connectivity index (χ0v) is 12.5. The first-order valence-electron chi connectivity index (χ1n) is 6.82. The summed E-state index contributed by atoms with van der Waals surface area (Å²) in [5.74, 6) is 0.907. The second kappa shape index (κ2) is 5.61. The van der Waals surface area contributed by atoms with Crippen molar-refractivity contribution in [1.82, 2.24) is 15.0 Å². The Morgan fingerprint density at radius 2 is 1.95 bits per heavy atom. The summed E-state index contributed by atoms with van der Waals surface area (Å²) in [5, 5.41) is 7.45. The molecule has 0 aliphatic carbocycles. The van der Waals surface area contributed by atoms with Crippen molar-refractivity contribution in [3.05, 3.63) is 40.0 Å². The van der Waals surface area contributed by atoms with Gasteiger partial charge in [0.2, 0.25) is 0 Å². The lowest BCUT2D eigenvalue weighted by Crippen LogP contribution is -2.14. The molecule has 0 amide bonds. The Morgan fingerprint density at radius 1 is 1.21 bits per heavy atom. The second-order valence-corrected chi connectivity index (χ2v) is 5.05. The van der Waals surface area contributed by atoms with Gasteiger partial charge in [0, 0.05) is 36.6 Å². The predicted molar refractivity (Wildman–Crippen MR) is 76.1 cm³/mol. The molecule has 4 heteroatoms. The minimum atomic E-state index is 0.803. The van der Waals surface area contributed by atoms with Crippen LogP contribution in [-0.4, -0.2) is 9.72 Å². The molecule has 0 aliphatic heterocycles. The Balaban J connectivity index is 2.00. The minimum Gasteiger partial charge on any atom is -0.361 e. The van der Waals surface area contributed by atoms with Crippen molar-refractivity contribution in [2.45, 2.75) is 54.3 Å². The van der Waals surface area contributed by atoms with E-state index in [-0.39, 0.29) is 0 Å². The monoisotopic (exact) mass is 261 g/mol. The Labute approximate surface area is 114 Å². The molecule has 0 aliphatic rings. The Bertz CT molecular complexity index is 547. The van der Waals surface area contributed by atoms with Gasteiger partial charge < -0.3 is 14.4 Å². The molecule has 1 N–H and O–H groups in total. The maximum atomic E-state index is 5.17. The van der Waals surface area contributed by atoms with Crippen LogP contribution in [-0.2, 0) is 19.6 Å². The minimum absolute atomic E-state index is 0.803. The summed E-state index contributed by atoms with van der Waals surface area (Å²) >= 11 is 0. The van der Waals surface area contributed by atoms with Gasteiger partial charge in [0.05, 0.1) is 5.69 Å². The SMILES string of the molecule is CCn1c(C)cc(CNCc2c(C)noc2C)c1C. The maximum absolute atomic E-state index is 5.17. The summed E-state index contributed by atoms with van der Waals surface area (Å²) in [4.78, 5) is 0. The second-order valence-electron chi connectivity index (χ2n) is 5.05. The topological polar surface area (TPSA) is 43.0 Å². The van der Waals surface area contributed by atoms with Crippen molar-refractivity contribution in [3.63, 3.8) is 0 Å². The molecule has 0 unspecified atom stereocenters. The van der Waals surface area contributed by atoms with Gasteiger partial charge in [-0.25, -0.2) is 0 Å². The Kier molecular flexibility index (Phi) is 4.10. The fourth-order valence-electron chi connectivity index (χ4n) is 2.61. The van der Waals surface area contributed by atoms with E-state index in [9.17, 15) is 0 Å². The van der Waals surface area contributed by atoms with Crippen molar-refractivity contribution < 1.29 is 4.52 Å². The van der Waals surface area contributed by atoms with Gasteiger partial charge in [-0.15, -0.1) is 0 Å². The fourth-order valence-corrected chi connectivity index (χ4v) is 2.61. The normalized spacial score (nSPS) is 11.2. The van der Waals surface area contributed by atoms with Crippen LogP contribution in [0.5, 0.6) is 0 Å². The van der Waals surface area contributed by atoms with Crippen LogP contribution >= 0.6 is 0 Å². The van der Waals surface area contributed by atoms with Crippen molar-refractivity contribution >= 4 is 0 Å². The molecule has 2 rings (SSSR count). The fraction of sp³-hybridized carbons (Fsp3) is 0.533. The lowest BCUT2D eigenvalue weighted by molar-refractivity contribution is 0.392. The molecule has 2 aromatic heterocycles.